The van der Waals surface area contributed by atoms with E-state index in [1.165, 1.54) is 76.6 Å². The van der Waals surface area contributed by atoms with Crippen LogP contribution in [0.2, 0.25) is 0 Å². The molecule has 1 aromatic heterocycles. The molecule has 4 rings (SSSR count). The highest BCUT2D eigenvalue weighted by molar-refractivity contribution is 5.81. The minimum absolute atomic E-state index is 0.0384. The molecule has 178 valence electrons. The van der Waals surface area contributed by atoms with Crippen molar-refractivity contribution in [3.63, 3.8) is 0 Å². The fourth-order valence-electron chi connectivity index (χ4n) is 3.79. The van der Waals surface area contributed by atoms with Crippen LogP contribution in [0.4, 0.5) is 22.0 Å². The van der Waals surface area contributed by atoms with E-state index in [0.29, 0.717) is 23.0 Å². The molecular weight excluding hydrogens is 453 g/mol. The van der Waals surface area contributed by atoms with Crippen LogP contribution in [-0.4, -0.2) is 39.1 Å². The van der Waals surface area contributed by atoms with Gasteiger partial charge < -0.3 is 10.0 Å². The lowest BCUT2D eigenvalue weighted by atomic mass is 9.91. The number of β-amino-alcohol motifs (C(OH)–C–C–N with tert-alkyl or cyclic N) is 1. The molecule has 0 radical (unpaired) electrons. The molecule has 0 saturated heterocycles. The molecule has 9 heteroatoms. The second kappa shape index (κ2) is 9.42. The van der Waals surface area contributed by atoms with Crippen LogP contribution in [0.25, 0.3) is 16.6 Å². The van der Waals surface area contributed by atoms with Crippen molar-refractivity contribution in [2.24, 2.45) is 0 Å². The second-order valence-electron chi connectivity index (χ2n) is 8.04. The quantitative estimate of drug-likeness (QED) is 0.376. The summed E-state index contributed by atoms with van der Waals surface area (Å²) >= 11 is 0. The van der Waals surface area contributed by atoms with Crippen LogP contribution in [0.1, 0.15) is 18.4 Å². The molecule has 0 fully saturated rings. The van der Waals surface area contributed by atoms with Gasteiger partial charge >= 0.3 is 6.18 Å². The molecule has 0 amide bonds. The van der Waals surface area contributed by atoms with Crippen molar-refractivity contribution in [2.45, 2.75) is 24.6 Å². The fraction of sp³-hybridized carbons (Fsp3) is 0.240. The van der Waals surface area contributed by atoms with Crippen molar-refractivity contribution in [1.82, 2.24) is 14.7 Å². The number of hydrogen-bond acceptors (Lipinski definition) is 3. The van der Waals surface area contributed by atoms with Gasteiger partial charge in [-0.3, -0.25) is 0 Å². The summed E-state index contributed by atoms with van der Waals surface area (Å²) in [5.74, 6) is -0.798. The molecule has 2 heterocycles. The van der Waals surface area contributed by atoms with E-state index in [1.807, 2.05) is 0 Å². The van der Waals surface area contributed by atoms with Crippen LogP contribution in [0.5, 0.6) is 0 Å². The van der Waals surface area contributed by atoms with Crippen LogP contribution in [0, 0.1) is 5.82 Å². The number of hydrogen-bond donors (Lipinski definition) is 1. The Labute approximate surface area is 192 Å². The number of nitrogens with zero attached hydrogens (tertiary/aromatic N) is 3. The summed E-state index contributed by atoms with van der Waals surface area (Å²) in [6, 6.07) is 9.43. The number of fused-ring (bicyclic) bond motifs is 1. The molecule has 1 atom stereocenters. The lowest BCUT2D eigenvalue weighted by Crippen LogP contribution is -2.50. The Morgan fingerprint density at radius 3 is 2.47 bits per heavy atom. The van der Waals surface area contributed by atoms with Crippen molar-refractivity contribution in [3.05, 3.63) is 96.4 Å². The van der Waals surface area contributed by atoms with Gasteiger partial charge in [0.2, 0.25) is 5.60 Å². The van der Waals surface area contributed by atoms with Gasteiger partial charge in [-0.05, 0) is 60.7 Å². The summed E-state index contributed by atoms with van der Waals surface area (Å²) in [6.07, 6.45) is 4.20. The molecule has 0 aliphatic carbocycles. The van der Waals surface area contributed by atoms with Gasteiger partial charge in [-0.25, -0.2) is 13.5 Å². The summed E-state index contributed by atoms with van der Waals surface area (Å²) in [6.45, 7) is -0.657. The molecule has 1 unspecified atom stereocenters. The predicted octanol–water partition coefficient (Wildman–Crippen LogP) is 5.93. The Balaban J connectivity index is 1.69. The highest BCUT2D eigenvalue weighted by Crippen LogP contribution is 2.41. The maximum Gasteiger partial charge on any atom is 0.423 e. The van der Waals surface area contributed by atoms with Gasteiger partial charge in [-0.15, -0.1) is 0 Å². The first-order valence-corrected chi connectivity index (χ1v) is 10.6. The van der Waals surface area contributed by atoms with E-state index in [4.69, 9.17) is 0 Å². The van der Waals surface area contributed by atoms with Crippen LogP contribution >= 0.6 is 0 Å². The third-order valence-corrected chi connectivity index (χ3v) is 5.63. The van der Waals surface area contributed by atoms with E-state index >= 15 is 0 Å². The molecule has 1 aliphatic heterocycles. The highest BCUT2D eigenvalue weighted by atomic mass is 19.4. The van der Waals surface area contributed by atoms with E-state index < -0.39 is 24.1 Å². The molecule has 4 nitrogen and oxygen atoms in total. The third kappa shape index (κ3) is 4.89. The van der Waals surface area contributed by atoms with Gasteiger partial charge in [-0.1, -0.05) is 24.3 Å². The zero-order chi connectivity index (χ0) is 24.3. The zero-order valence-corrected chi connectivity index (χ0v) is 18.0. The summed E-state index contributed by atoms with van der Waals surface area (Å²) in [5, 5.41) is 15.5. The Bertz CT molecular complexity index is 1240. The molecule has 0 saturated carbocycles. The van der Waals surface area contributed by atoms with Gasteiger partial charge in [0.15, 0.2) is 0 Å². The average molecular weight is 475 g/mol. The molecule has 1 N–H and O–H groups in total. The van der Waals surface area contributed by atoms with Crippen LogP contribution in [-0.2, 0) is 5.60 Å². The summed E-state index contributed by atoms with van der Waals surface area (Å²) in [4.78, 5) is 1.30. The minimum atomic E-state index is -4.98. The van der Waals surface area contributed by atoms with Gasteiger partial charge in [-0.2, -0.15) is 18.3 Å². The number of aliphatic hydroxyl groups is 1. The van der Waals surface area contributed by atoms with Gasteiger partial charge in [0.05, 0.1) is 23.9 Å². The first-order valence-electron chi connectivity index (χ1n) is 10.6. The molecule has 0 bridgehead atoms. The lowest BCUT2D eigenvalue weighted by molar-refractivity contribution is -0.269. The first kappa shape index (κ1) is 23.7. The van der Waals surface area contributed by atoms with E-state index in [9.17, 15) is 27.1 Å². The van der Waals surface area contributed by atoms with Crippen LogP contribution < -0.4 is 0 Å². The van der Waals surface area contributed by atoms with Crippen molar-refractivity contribution >= 4 is 10.9 Å². The smallest absolute Gasteiger partial charge is 0.375 e. The summed E-state index contributed by atoms with van der Waals surface area (Å²) < 4.78 is 71.0. The Morgan fingerprint density at radius 2 is 1.74 bits per heavy atom. The second-order valence-corrected chi connectivity index (χ2v) is 8.04. The van der Waals surface area contributed by atoms with Gasteiger partial charge in [0.25, 0.3) is 0 Å². The third-order valence-electron chi connectivity index (χ3n) is 5.63. The highest BCUT2D eigenvalue weighted by Gasteiger charge is 2.55. The SMILES string of the molecule is OC(CN1/C=C\C/C(F)=C\C/C=C\C1)(c1ccc2c(cnn2-c2ccc(F)cc2)c1)C(F)(F)F. The zero-order valence-electron chi connectivity index (χ0n) is 18.0. The van der Waals surface area contributed by atoms with Gasteiger partial charge in [0, 0.05) is 18.4 Å². The topological polar surface area (TPSA) is 41.3 Å². The van der Waals surface area contributed by atoms with Crippen LogP contribution in [0.3, 0.4) is 0 Å². The molecule has 3 aromatic rings. The molecule has 1 aliphatic rings. The van der Waals surface area contributed by atoms with Crippen LogP contribution in [0.15, 0.2) is 85.0 Å². The summed E-state index contributed by atoms with van der Waals surface area (Å²) in [5.41, 5.74) is -2.48. The molecule has 0 spiro atoms. The Kier molecular flexibility index (Phi) is 6.56. The van der Waals surface area contributed by atoms with E-state index in [2.05, 4.69) is 5.10 Å². The average Bonchev–Trinajstić information content (AvgIpc) is 3.21. The van der Waals surface area contributed by atoms with Crippen molar-refractivity contribution in [1.29, 1.82) is 0 Å². The molecular formula is C25H22F5N3O. The number of aromatic nitrogens is 2. The number of halogens is 5. The largest absolute Gasteiger partial charge is 0.423 e. The van der Waals surface area contributed by atoms with Crippen molar-refractivity contribution in [2.75, 3.05) is 13.1 Å². The Hall–Kier alpha value is -3.46. The maximum atomic E-state index is 14.2. The molecule has 2 aromatic carbocycles. The van der Waals surface area contributed by atoms with E-state index in [0.717, 1.165) is 0 Å². The molecule has 34 heavy (non-hydrogen) atoms. The maximum absolute atomic E-state index is 14.2. The van der Waals surface area contributed by atoms with Gasteiger partial charge in [0.1, 0.15) is 11.6 Å². The Morgan fingerprint density at radius 1 is 0.971 bits per heavy atom. The standard InChI is InChI=1S/C25H22F5N3O/c26-20-5-2-1-3-13-32(14-4-6-20)17-24(34,25(28,29)30)19-7-12-23-18(15-19)16-31-33(23)22-10-8-21(27)9-11-22/h1,3-5,7-12,14-16,34H,2,6,13,17H2/b3-1-,14-4-,20-5+. The summed E-state index contributed by atoms with van der Waals surface area (Å²) in [7, 11) is 0. The number of benzene rings is 2. The fourth-order valence-corrected chi connectivity index (χ4v) is 3.79. The first-order chi connectivity index (χ1) is 16.2. The number of alkyl halides is 3. The lowest BCUT2D eigenvalue weighted by Gasteiger charge is -2.35. The predicted molar refractivity (Wildman–Crippen MR) is 119 cm³/mol. The van der Waals surface area contributed by atoms with E-state index in [-0.39, 0.29) is 24.4 Å². The minimum Gasteiger partial charge on any atom is -0.375 e. The monoisotopic (exact) mass is 475 g/mol. The normalized spacial score (nSPS) is 20.4. The van der Waals surface area contributed by atoms with Crippen molar-refractivity contribution < 1.29 is 27.1 Å². The number of allylic oxidation sites excluding steroid dienone is 4. The van der Waals surface area contributed by atoms with E-state index in [1.54, 1.807) is 12.2 Å². The number of rotatable bonds is 4. The van der Waals surface area contributed by atoms with Crippen molar-refractivity contribution in [3.8, 4) is 5.69 Å².